The van der Waals surface area contributed by atoms with Gasteiger partial charge in [-0.15, -0.1) is 0 Å². The monoisotopic (exact) mass is 496 g/mol. The Labute approximate surface area is 180 Å². The molecule has 0 unspecified atom stereocenters. The van der Waals surface area contributed by atoms with Crippen LogP contribution in [0.1, 0.15) is 15.9 Å². The Morgan fingerprint density at radius 2 is 1.45 bits per heavy atom. The molecule has 144 valence electrons. The van der Waals surface area contributed by atoms with Crippen molar-refractivity contribution < 1.29 is 14.7 Å². The first-order valence-corrected chi connectivity index (χ1v) is 10.2. The van der Waals surface area contributed by atoms with Crippen LogP contribution in [0, 0.1) is 3.57 Å². The Bertz CT molecular complexity index is 1190. The fourth-order valence-electron chi connectivity index (χ4n) is 3.40. The van der Waals surface area contributed by atoms with Gasteiger partial charge in [-0.3, -0.25) is 4.79 Å². The van der Waals surface area contributed by atoms with Crippen LogP contribution in [0.5, 0.6) is 0 Å². The molecule has 0 saturated heterocycles. The standard InChI is InChI=1S/C23H17IN2O3/c24-17-10-4-1-7-14(17)13-20(23(28)29)26-22(27)21-15-8-2-5-11-18(15)25-19-12-6-3-9-16(19)21/h1-12,20H,13H2,(H,26,27)(H,28,29)/t20-/m1/s1. The molecule has 0 fully saturated rings. The summed E-state index contributed by atoms with van der Waals surface area (Å²) in [6.45, 7) is 0. The lowest BCUT2D eigenvalue weighted by atomic mass is 10.0. The molecule has 0 bridgehead atoms. The van der Waals surface area contributed by atoms with Gasteiger partial charge in [0.05, 0.1) is 16.6 Å². The predicted molar refractivity (Wildman–Crippen MR) is 121 cm³/mol. The van der Waals surface area contributed by atoms with Crippen LogP contribution in [-0.4, -0.2) is 28.0 Å². The number of nitrogens with one attached hydrogen (secondary N) is 1. The fourth-order valence-corrected chi connectivity index (χ4v) is 4.01. The number of aliphatic carboxylic acids is 1. The number of carbonyl (C=O) groups excluding carboxylic acids is 1. The third kappa shape index (κ3) is 3.93. The first-order valence-electron chi connectivity index (χ1n) is 9.09. The molecule has 0 saturated carbocycles. The van der Waals surface area contributed by atoms with E-state index in [2.05, 4.69) is 32.9 Å². The fraction of sp³-hybridized carbons (Fsp3) is 0.0870. The van der Waals surface area contributed by atoms with Crippen LogP contribution in [0.15, 0.2) is 72.8 Å². The first-order chi connectivity index (χ1) is 14.0. The average Bonchev–Trinajstić information content (AvgIpc) is 2.72. The second kappa shape index (κ2) is 8.16. The minimum Gasteiger partial charge on any atom is -0.480 e. The number of hydrogen-bond donors (Lipinski definition) is 2. The molecular formula is C23H17IN2O3. The van der Waals surface area contributed by atoms with Gasteiger partial charge in [-0.1, -0.05) is 54.6 Å². The summed E-state index contributed by atoms with van der Waals surface area (Å²) in [6, 6.07) is 21.3. The van der Waals surface area contributed by atoms with Gasteiger partial charge in [0.15, 0.2) is 0 Å². The van der Waals surface area contributed by atoms with Crippen LogP contribution >= 0.6 is 22.6 Å². The van der Waals surface area contributed by atoms with Crippen molar-refractivity contribution in [3.8, 4) is 0 Å². The molecule has 4 aromatic rings. The molecular weight excluding hydrogens is 479 g/mol. The number of aromatic nitrogens is 1. The van der Waals surface area contributed by atoms with Crippen molar-refractivity contribution in [2.24, 2.45) is 0 Å². The van der Waals surface area contributed by atoms with E-state index in [0.717, 1.165) is 9.13 Å². The lowest BCUT2D eigenvalue weighted by molar-refractivity contribution is -0.139. The molecule has 1 atom stereocenters. The summed E-state index contributed by atoms with van der Waals surface area (Å²) in [5.41, 5.74) is 2.71. The largest absolute Gasteiger partial charge is 0.480 e. The van der Waals surface area contributed by atoms with Crippen LogP contribution in [0.2, 0.25) is 0 Å². The van der Waals surface area contributed by atoms with Crippen molar-refractivity contribution in [3.63, 3.8) is 0 Å². The third-order valence-corrected chi connectivity index (χ3v) is 5.85. The SMILES string of the molecule is O=C(N[C@H](Cc1ccccc1I)C(=O)O)c1c2ccccc2nc2ccccc12. The van der Waals surface area contributed by atoms with Crippen molar-refractivity contribution >= 4 is 56.3 Å². The van der Waals surface area contributed by atoms with E-state index in [0.29, 0.717) is 27.4 Å². The van der Waals surface area contributed by atoms with Crippen LogP contribution in [-0.2, 0) is 11.2 Å². The highest BCUT2D eigenvalue weighted by Crippen LogP contribution is 2.26. The maximum absolute atomic E-state index is 13.3. The minimum atomic E-state index is -1.07. The molecule has 0 aliphatic rings. The molecule has 1 amide bonds. The van der Waals surface area contributed by atoms with E-state index in [1.165, 1.54) is 0 Å². The van der Waals surface area contributed by atoms with Gasteiger partial charge in [0.2, 0.25) is 0 Å². The quantitative estimate of drug-likeness (QED) is 0.317. The number of pyridine rings is 1. The zero-order valence-electron chi connectivity index (χ0n) is 15.3. The first kappa shape index (κ1) is 19.3. The maximum Gasteiger partial charge on any atom is 0.326 e. The number of carbonyl (C=O) groups is 2. The highest BCUT2D eigenvalue weighted by molar-refractivity contribution is 14.1. The number of amides is 1. The summed E-state index contributed by atoms with van der Waals surface area (Å²) in [6.07, 6.45) is 0.209. The topological polar surface area (TPSA) is 79.3 Å². The molecule has 4 rings (SSSR count). The van der Waals surface area contributed by atoms with Crippen molar-refractivity contribution in [1.29, 1.82) is 0 Å². The Morgan fingerprint density at radius 1 is 0.897 bits per heavy atom. The Kier molecular flexibility index (Phi) is 5.44. The summed E-state index contributed by atoms with van der Waals surface area (Å²) in [7, 11) is 0. The van der Waals surface area contributed by atoms with E-state index in [4.69, 9.17) is 0 Å². The summed E-state index contributed by atoms with van der Waals surface area (Å²) in [5.74, 6) is -1.49. The zero-order chi connectivity index (χ0) is 20.4. The lowest BCUT2D eigenvalue weighted by Crippen LogP contribution is -2.42. The van der Waals surface area contributed by atoms with Gasteiger partial charge in [-0.05, 0) is 46.4 Å². The van der Waals surface area contributed by atoms with E-state index in [-0.39, 0.29) is 6.42 Å². The molecule has 3 aromatic carbocycles. The Morgan fingerprint density at radius 3 is 2.03 bits per heavy atom. The molecule has 0 aliphatic heterocycles. The third-order valence-electron chi connectivity index (χ3n) is 4.80. The molecule has 0 aliphatic carbocycles. The molecule has 5 nitrogen and oxygen atoms in total. The number of fused-ring (bicyclic) bond motifs is 2. The predicted octanol–water partition coefficient (Wildman–Crippen LogP) is 4.42. The molecule has 29 heavy (non-hydrogen) atoms. The van der Waals surface area contributed by atoms with E-state index < -0.39 is 17.9 Å². The van der Waals surface area contributed by atoms with Crippen LogP contribution in [0.25, 0.3) is 21.8 Å². The highest BCUT2D eigenvalue weighted by Gasteiger charge is 2.24. The van der Waals surface area contributed by atoms with E-state index in [1.54, 1.807) is 0 Å². The zero-order valence-corrected chi connectivity index (χ0v) is 17.5. The van der Waals surface area contributed by atoms with Gasteiger partial charge in [0.1, 0.15) is 6.04 Å². The summed E-state index contributed by atoms with van der Waals surface area (Å²) >= 11 is 2.17. The number of carboxylic acids is 1. The number of rotatable bonds is 5. The molecule has 1 heterocycles. The summed E-state index contributed by atoms with van der Waals surface area (Å²) in [5, 5.41) is 13.8. The van der Waals surface area contributed by atoms with Crippen molar-refractivity contribution in [1.82, 2.24) is 10.3 Å². The second-order valence-electron chi connectivity index (χ2n) is 6.68. The van der Waals surface area contributed by atoms with E-state index in [1.807, 2.05) is 72.8 Å². The summed E-state index contributed by atoms with van der Waals surface area (Å²) < 4.78 is 0.963. The van der Waals surface area contributed by atoms with Gasteiger partial charge >= 0.3 is 5.97 Å². The number of hydrogen-bond acceptors (Lipinski definition) is 3. The van der Waals surface area contributed by atoms with Gasteiger partial charge in [0, 0.05) is 20.8 Å². The lowest BCUT2D eigenvalue weighted by Gasteiger charge is -2.17. The normalized spacial score (nSPS) is 12.0. The maximum atomic E-state index is 13.3. The second-order valence-corrected chi connectivity index (χ2v) is 7.84. The van der Waals surface area contributed by atoms with Gasteiger partial charge in [-0.2, -0.15) is 0 Å². The van der Waals surface area contributed by atoms with Crippen molar-refractivity contribution in [2.45, 2.75) is 12.5 Å². The van der Waals surface area contributed by atoms with Crippen molar-refractivity contribution in [3.05, 3.63) is 87.5 Å². The Hall–Kier alpha value is -3.00. The van der Waals surface area contributed by atoms with Crippen LogP contribution < -0.4 is 5.32 Å². The van der Waals surface area contributed by atoms with Crippen LogP contribution in [0.4, 0.5) is 0 Å². The molecule has 2 N–H and O–H groups in total. The molecule has 1 aromatic heterocycles. The Balaban J connectivity index is 1.75. The van der Waals surface area contributed by atoms with Gasteiger partial charge in [-0.25, -0.2) is 9.78 Å². The number of halogens is 1. The van der Waals surface area contributed by atoms with Crippen LogP contribution in [0.3, 0.4) is 0 Å². The number of carboxylic acid groups (broad SMARTS) is 1. The van der Waals surface area contributed by atoms with Gasteiger partial charge in [0.25, 0.3) is 5.91 Å². The summed E-state index contributed by atoms with van der Waals surface area (Å²) in [4.78, 5) is 29.8. The number of nitrogens with zero attached hydrogens (tertiary/aromatic N) is 1. The average molecular weight is 496 g/mol. The number of benzene rings is 3. The molecule has 0 radical (unpaired) electrons. The molecule has 6 heteroatoms. The van der Waals surface area contributed by atoms with E-state index >= 15 is 0 Å². The smallest absolute Gasteiger partial charge is 0.326 e. The number of para-hydroxylation sites is 2. The van der Waals surface area contributed by atoms with Crippen molar-refractivity contribution in [2.75, 3.05) is 0 Å². The molecule has 0 spiro atoms. The minimum absolute atomic E-state index is 0.209. The van der Waals surface area contributed by atoms with E-state index in [9.17, 15) is 14.7 Å². The highest BCUT2D eigenvalue weighted by atomic mass is 127. The van der Waals surface area contributed by atoms with Gasteiger partial charge < -0.3 is 10.4 Å².